The van der Waals surface area contributed by atoms with E-state index in [4.69, 9.17) is 32.7 Å². The molecular formula is C76H79BBr2F3N21O6S. The Labute approximate surface area is 651 Å². The second-order valence-electron chi connectivity index (χ2n) is 25.2. The molecule has 14 aromatic rings. The fourth-order valence-electron chi connectivity index (χ4n) is 10.8. The van der Waals surface area contributed by atoms with E-state index in [0.29, 0.717) is 23.9 Å². The molecule has 0 spiro atoms. The molecule has 568 valence electrons. The summed E-state index contributed by atoms with van der Waals surface area (Å²) in [5.74, 6) is 1.60. The van der Waals surface area contributed by atoms with Gasteiger partial charge in [0.1, 0.15) is 28.5 Å². The summed E-state index contributed by atoms with van der Waals surface area (Å²) in [7, 11) is -5.77. The van der Waals surface area contributed by atoms with Gasteiger partial charge in [0.15, 0.2) is 0 Å². The van der Waals surface area contributed by atoms with Crippen molar-refractivity contribution in [2.45, 2.75) is 127 Å². The molecule has 1 aliphatic heterocycles. The minimum absolute atomic E-state index is 0. The van der Waals surface area contributed by atoms with Gasteiger partial charge in [0.25, 0.3) is 11.6 Å². The van der Waals surface area contributed by atoms with Crippen LogP contribution in [0, 0.1) is 40.8 Å². The first-order valence-corrected chi connectivity index (χ1v) is 37.0. The van der Waals surface area contributed by atoms with Gasteiger partial charge >= 0.3 is 22.7 Å². The van der Waals surface area contributed by atoms with Gasteiger partial charge in [-0.2, -0.15) is 42.0 Å². The molecule has 14 aromatic heterocycles. The SMILES string of the molecule is C.CCOS(=O)(=O)C(F)(F)F.CCn1cc(-c2ccc3ncc(NC=O)n3c2)c(-c2cccc(C)n2)n1.CCn1cc(Br)c(-c2cccc(C)n2)n1.Cc1cccc(-c2[nH]ncc2Br)n1.[C-]#[N+]c1cnc2ccc(-c3cn(CC)nc3-c3cccc(C)n3)cn12.[C-]#[N+]c1cnc2ccc(B3OC(C)(C)C(C)(C)O3)cn12. The van der Waals surface area contributed by atoms with Crippen LogP contribution in [0.25, 0.3) is 94.4 Å². The number of imidazole rings is 3. The Morgan fingerprint density at radius 2 is 0.982 bits per heavy atom. The van der Waals surface area contributed by atoms with Gasteiger partial charge in [0.2, 0.25) is 17.7 Å². The van der Waals surface area contributed by atoms with Gasteiger partial charge in [0, 0.05) is 107 Å². The number of nitrogens with one attached hydrogen (secondary N) is 2. The molecule has 0 aromatic carbocycles. The highest BCUT2D eigenvalue weighted by Gasteiger charge is 2.52. The van der Waals surface area contributed by atoms with E-state index in [1.807, 2.05) is 220 Å². The van der Waals surface area contributed by atoms with Gasteiger partial charge in [-0.3, -0.25) is 52.5 Å². The number of pyridine rings is 7. The Bertz CT molecular complexity index is 5740. The molecule has 15 rings (SSSR count). The molecular weight excluding hydrogens is 1560 g/mol. The van der Waals surface area contributed by atoms with Crippen molar-refractivity contribution in [3.05, 3.63) is 226 Å². The van der Waals surface area contributed by atoms with Crippen molar-refractivity contribution in [2.75, 3.05) is 11.9 Å². The van der Waals surface area contributed by atoms with Crippen molar-refractivity contribution >= 4 is 95.4 Å². The minimum Gasteiger partial charge on any atom is -0.399 e. The summed E-state index contributed by atoms with van der Waals surface area (Å²) < 4.78 is 82.2. The molecule has 34 heteroatoms. The number of carbonyl (C=O) groups is 1. The molecule has 0 aliphatic carbocycles. The highest BCUT2D eigenvalue weighted by atomic mass is 79.9. The van der Waals surface area contributed by atoms with Gasteiger partial charge < -0.3 is 24.3 Å². The lowest BCUT2D eigenvalue weighted by molar-refractivity contribution is -0.105. The summed E-state index contributed by atoms with van der Waals surface area (Å²) in [6, 6.07) is 35.3. The second-order valence-corrected chi connectivity index (χ2v) is 28.5. The zero-order valence-electron chi connectivity index (χ0n) is 61.4. The van der Waals surface area contributed by atoms with Crippen LogP contribution in [-0.2, 0) is 48.0 Å². The maximum Gasteiger partial charge on any atom is 0.523 e. The van der Waals surface area contributed by atoms with Gasteiger partial charge in [-0.05, 0) is 182 Å². The highest BCUT2D eigenvalue weighted by molar-refractivity contribution is 9.11. The largest absolute Gasteiger partial charge is 0.523 e. The lowest BCUT2D eigenvalue weighted by atomic mass is 9.80. The van der Waals surface area contributed by atoms with E-state index in [9.17, 15) is 26.4 Å². The first-order valence-electron chi connectivity index (χ1n) is 34.0. The fraction of sp³-hybridized carbons (Fsp3) is 0.263. The third kappa shape index (κ3) is 19.4. The monoisotopic (exact) mass is 1640 g/mol. The molecule has 27 nitrogen and oxygen atoms in total. The summed E-state index contributed by atoms with van der Waals surface area (Å²) in [6.45, 7) is 39.6. The smallest absolute Gasteiger partial charge is 0.399 e. The lowest BCUT2D eigenvalue weighted by Crippen LogP contribution is -2.41. The molecule has 15 heterocycles. The zero-order valence-corrected chi connectivity index (χ0v) is 65.4. The number of carbonyl (C=O) groups excluding carboxylic acids is 1. The summed E-state index contributed by atoms with van der Waals surface area (Å²) in [5.41, 5.74) is 11.9. The van der Waals surface area contributed by atoms with Gasteiger partial charge in [-0.15, -0.1) is 0 Å². The third-order valence-corrected chi connectivity index (χ3v) is 19.3. The van der Waals surface area contributed by atoms with Crippen molar-refractivity contribution in [2.24, 2.45) is 0 Å². The van der Waals surface area contributed by atoms with Crippen LogP contribution in [0.2, 0.25) is 0 Å². The number of aromatic amines is 1. The van der Waals surface area contributed by atoms with Crippen LogP contribution in [-0.4, -0.2) is 133 Å². The maximum atomic E-state index is 11.3. The number of fused-ring (bicyclic) bond motifs is 3. The zero-order chi connectivity index (χ0) is 78.5. The van der Waals surface area contributed by atoms with Gasteiger partial charge in [0.05, 0.1) is 92.4 Å². The molecule has 0 radical (unpaired) electrons. The van der Waals surface area contributed by atoms with E-state index in [1.54, 1.807) is 33.6 Å². The number of anilines is 1. The van der Waals surface area contributed by atoms with E-state index in [0.717, 1.165) is 148 Å². The van der Waals surface area contributed by atoms with Crippen LogP contribution in [0.4, 0.5) is 30.6 Å². The van der Waals surface area contributed by atoms with Crippen molar-refractivity contribution in [3.63, 3.8) is 0 Å². The normalized spacial score (nSPS) is 12.7. The maximum absolute atomic E-state index is 11.3. The number of hydrogen-bond acceptors (Lipinski definition) is 17. The van der Waals surface area contributed by atoms with Crippen LogP contribution >= 0.6 is 31.9 Å². The average molecular weight is 1640 g/mol. The Kier molecular flexibility index (Phi) is 26.9. The predicted molar refractivity (Wildman–Crippen MR) is 424 cm³/mol. The van der Waals surface area contributed by atoms with Gasteiger partial charge in [-0.25, -0.2) is 23.8 Å². The topological polar surface area (TPSA) is 285 Å². The summed E-state index contributed by atoms with van der Waals surface area (Å²) in [6.07, 6.45) is 18.9. The quantitative estimate of drug-likeness (QED) is 0.0336. The van der Waals surface area contributed by atoms with E-state index >= 15 is 0 Å². The number of alkyl halides is 3. The number of amides is 1. The predicted octanol–water partition coefficient (Wildman–Crippen LogP) is 16.6. The molecule has 1 fully saturated rings. The Hall–Kier alpha value is -11.4. The summed E-state index contributed by atoms with van der Waals surface area (Å²) in [5, 5.41) is 23.3. The van der Waals surface area contributed by atoms with Crippen molar-refractivity contribution in [3.8, 4) is 67.8 Å². The van der Waals surface area contributed by atoms with Crippen LogP contribution in [0.3, 0.4) is 0 Å². The molecule has 0 saturated carbocycles. The number of aromatic nitrogens is 18. The molecule has 110 heavy (non-hydrogen) atoms. The summed E-state index contributed by atoms with van der Waals surface area (Å²) >= 11 is 6.89. The van der Waals surface area contributed by atoms with Crippen molar-refractivity contribution < 1.29 is 39.9 Å². The third-order valence-electron chi connectivity index (χ3n) is 17.0. The molecule has 1 amide bonds. The number of H-pyrrole nitrogens is 1. The molecule has 1 saturated heterocycles. The molecule has 1 aliphatic rings. The second kappa shape index (κ2) is 35.8. The number of halogens is 5. The number of rotatable bonds is 14. The fourth-order valence-corrected chi connectivity index (χ4v) is 12.1. The van der Waals surface area contributed by atoms with Gasteiger partial charge in [-0.1, -0.05) is 50.9 Å². The van der Waals surface area contributed by atoms with Crippen LogP contribution in [0.1, 0.15) is 85.6 Å². The van der Waals surface area contributed by atoms with Crippen LogP contribution in [0.15, 0.2) is 180 Å². The lowest BCUT2D eigenvalue weighted by Gasteiger charge is -2.32. The van der Waals surface area contributed by atoms with E-state index in [-0.39, 0.29) is 18.6 Å². The molecule has 0 bridgehead atoms. The van der Waals surface area contributed by atoms with Crippen LogP contribution in [0.5, 0.6) is 0 Å². The Morgan fingerprint density at radius 3 is 1.40 bits per heavy atom. The number of nitrogens with zero attached hydrogens (tertiary/aromatic N) is 19. The summed E-state index contributed by atoms with van der Waals surface area (Å²) in [4.78, 5) is 48.6. The molecule has 0 atom stereocenters. The number of aryl methyl sites for hydroxylation is 7. The first-order chi connectivity index (χ1) is 52.0. The molecule has 2 N–H and O–H groups in total. The van der Waals surface area contributed by atoms with Crippen molar-refractivity contribution in [1.29, 1.82) is 0 Å². The van der Waals surface area contributed by atoms with E-state index in [1.165, 1.54) is 0 Å². The van der Waals surface area contributed by atoms with E-state index in [2.05, 4.69) is 122 Å². The van der Waals surface area contributed by atoms with E-state index < -0.39 is 29.4 Å². The molecule has 0 unspecified atom stereocenters. The van der Waals surface area contributed by atoms with Crippen molar-refractivity contribution in [1.82, 2.24) is 87.6 Å². The van der Waals surface area contributed by atoms with Crippen LogP contribution < -0.4 is 10.8 Å². The Balaban J connectivity index is 0.000000156. The Morgan fingerprint density at radius 1 is 0.564 bits per heavy atom. The first kappa shape index (κ1) is 82.7. The standard InChI is InChI=1S/C19H18N6O.C19H16N6.C14H16BN3O2.C11H12BrN3.C9H8BrN3.C3H5F3O3S.CH4/c1-3-24-11-15(19(23-24)16-6-4-5-13(2)22-16)14-7-8-17-20-9-18(21-12-26)25(17)10-14;1-4-24-12-15(19(23-24)16-7-5-6-13(2)22-16)14-8-9-17-21-10-18(20-3)25(17)11-14;1-13(2)14(3,4)20-15(19-13)10-6-7-11-17-8-12(16-5)18(11)9-10;1-3-15-7-9(12)11(14-15)10-6-4-5-8(2)13-10;1-6-3-2-4-8(12-6)9-7(10)5-11-13-9;1-2-9-10(7,8)3(4,5)6;/h4-12H,3H2,1-2H3,(H,21,26);5-12H,4H2,1-2H3;6-9H,1-4H3;4-7H,3H2,1-2H3;2-5H,1H3,(H,11,13);2H2,1H3;1H4. The number of hydrogen-bond donors (Lipinski definition) is 2. The highest BCUT2D eigenvalue weighted by Crippen LogP contribution is 2.38. The minimum atomic E-state index is -5.35. The average Bonchev–Trinajstić information content (AvgIpc) is 1.62.